The van der Waals surface area contributed by atoms with Crippen molar-refractivity contribution in [2.45, 2.75) is 30.7 Å². The minimum Gasteiger partial charge on any atom is -0.452 e. The molecule has 23 heavy (non-hydrogen) atoms. The first kappa shape index (κ1) is 17.6. The summed E-state index contributed by atoms with van der Waals surface area (Å²) < 4.78 is 3.97. The minimum absolute atomic E-state index is 0.283. The van der Waals surface area contributed by atoms with Crippen LogP contribution in [-0.2, 0) is 14.3 Å². The number of halogens is 2. The third-order valence-corrected chi connectivity index (χ3v) is 4.90. The topological polar surface area (TPSA) is 98.5 Å². The van der Waals surface area contributed by atoms with Crippen LogP contribution in [0.2, 0.25) is 0 Å². The second-order valence-corrected chi connectivity index (χ2v) is 7.18. The van der Waals surface area contributed by atoms with Gasteiger partial charge in [-0.3, -0.25) is 14.4 Å². The van der Waals surface area contributed by atoms with Gasteiger partial charge < -0.3 is 15.8 Å². The minimum atomic E-state index is -1.15. The van der Waals surface area contributed by atoms with Gasteiger partial charge in [-0.15, -0.1) is 23.2 Å². The fourth-order valence-electron chi connectivity index (χ4n) is 1.93. The second kappa shape index (κ2) is 6.02. The number of hydrogen-bond acceptors (Lipinski definition) is 4. The molecule has 1 aliphatic rings. The standard InChI is InChI=1S/C15H16Cl2N2O4/c1-8(23-13(22)14(2)7-15(14,16)17)12(21)19-10-5-3-9(4-6-10)11(18)20/h3-6,8H,7H2,1-2H3,(H2,18,20)(H,19,21)/t8-,14+/m0/s1. The van der Waals surface area contributed by atoms with Crippen LogP contribution in [0.15, 0.2) is 24.3 Å². The predicted molar refractivity (Wildman–Crippen MR) is 86.3 cm³/mol. The molecule has 2 rings (SSSR count). The highest BCUT2D eigenvalue weighted by atomic mass is 35.5. The van der Waals surface area contributed by atoms with Gasteiger partial charge in [0.15, 0.2) is 6.10 Å². The van der Waals surface area contributed by atoms with E-state index in [0.29, 0.717) is 11.3 Å². The predicted octanol–water partition coefficient (Wildman–Crippen LogP) is 2.24. The van der Waals surface area contributed by atoms with Crippen molar-refractivity contribution in [3.8, 4) is 0 Å². The molecule has 1 aromatic rings. The van der Waals surface area contributed by atoms with Crippen LogP contribution in [0.1, 0.15) is 30.6 Å². The zero-order valence-electron chi connectivity index (χ0n) is 12.6. The van der Waals surface area contributed by atoms with E-state index in [1.54, 1.807) is 6.92 Å². The highest BCUT2D eigenvalue weighted by Crippen LogP contribution is 2.64. The lowest BCUT2D eigenvalue weighted by molar-refractivity contribution is -0.158. The van der Waals surface area contributed by atoms with Crippen LogP contribution in [0.5, 0.6) is 0 Å². The molecule has 6 nitrogen and oxygen atoms in total. The number of nitrogens with one attached hydrogen (secondary N) is 1. The molecule has 1 aliphatic carbocycles. The molecular formula is C15H16Cl2N2O4. The molecule has 0 heterocycles. The summed E-state index contributed by atoms with van der Waals surface area (Å²) in [6.45, 7) is 3.03. The van der Waals surface area contributed by atoms with Crippen molar-refractivity contribution in [3.05, 3.63) is 29.8 Å². The molecule has 8 heteroatoms. The third-order valence-electron chi connectivity index (χ3n) is 3.80. The van der Waals surface area contributed by atoms with Crippen molar-refractivity contribution in [1.29, 1.82) is 0 Å². The molecule has 0 bridgehead atoms. The molecule has 124 valence electrons. The Kier molecular flexibility index (Phi) is 4.59. The number of esters is 1. The Balaban J connectivity index is 1.93. The highest BCUT2D eigenvalue weighted by molar-refractivity contribution is 6.53. The lowest BCUT2D eigenvalue weighted by atomic mass is 10.1. The maximum absolute atomic E-state index is 12.0. The van der Waals surface area contributed by atoms with Crippen LogP contribution in [0.25, 0.3) is 0 Å². The zero-order valence-corrected chi connectivity index (χ0v) is 14.1. The number of nitrogens with two attached hydrogens (primary N) is 1. The quantitative estimate of drug-likeness (QED) is 0.622. The summed E-state index contributed by atoms with van der Waals surface area (Å²) in [7, 11) is 0. The zero-order chi connectivity index (χ0) is 17.4. The van der Waals surface area contributed by atoms with E-state index in [0.717, 1.165) is 0 Å². The largest absolute Gasteiger partial charge is 0.452 e. The van der Waals surface area contributed by atoms with Gasteiger partial charge in [0, 0.05) is 17.7 Å². The van der Waals surface area contributed by atoms with Crippen LogP contribution in [-0.4, -0.2) is 28.2 Å². The fourth-order valence-corrected chi connectivity index (χ4v) is 2.62. The number of ether oxygens (including phenoxy) is 1. The van der Waals surface area contributed by atoms with Gasteiger partial charge in [-0.25, -0.2) is 0 Å². The maximum Gasteiger partial charge on any atom is 0.315 e. The number of benzene rings is 1. The number of carbonyl (C=O) groups excluding carboxylic acids is 3. The summed E-state index contributed by atoms with van der Waals surface area (Å²) in [4.78, 5) is 35.0. The van der Waals surface area contributed by atoms with Gasteiger partial charge in [0.2, 0.25) is 5.91 Å². The smallest absolute Gasteiger partial charge is 0.315 e. The molecule has 0 radical (unpaired) electrons. The summed E-state index contributed by atoms with van der Waals surface area (Å²) in [5.41, 5.74) is 4.91. The fraction of sp³-hybridized carbons (Fsp3) is 0.400. The molecule has 0 spiro atoms. The Morgan fingerprint density at radius 1 is 1.26 bits per heavy atom. The van der Waals surface area contributed by atoms with E-state index < -0.39 is 33.6 Å². The average Bonchev–Trinajstić information content (AvgIpc) is 2.99. The van der Waals surface area contributed by atoms with Gasteiger partial charge in [0.1, 0.15) is 9.75 Å². The van der Waals surface area contributed by atoms with Crippen molar-refractivity contribution in [1.82, 2.24) is 0 Å². The van der Waals surface area contributed by atoms with Crippen LogP contribution in [0.3, 0.4) is 0 Å². The molecule has 2 amide bonds. The van der Waals surface area contributed by atoms with Crippen molar-refractivity contribution in [2.75, 3.05) is 5.32 Å². The monoisotopic (exact) mass is 358 g/mol. The molecule has 0 aliphatic heterocycles. The Bertz CT molecular complexity index is 660. The molecule has 3 N–H and O–H groups in total. The number of rotatable bonds is 5. The van der Waals surface area contributed by atoms with Crippen molar-refractivity contribution in [2.24, 2.45) is 11.1 Å². The maximum atomic E-state index is 12.0. The lowest BCUT2D eigenvalue weighted by Gasteiger charge is -2.17. The molecule has 0 unspecified atom stereocenters. The number of alkyl halides is 2. The number of anilines is 1. The second-order valence-electron chi connectivity index (χ2n) is 5.69. The molecule has 1 aromatic carbocycles. The van der Waals surface area contributed by atoms with Gasteiger partial charge in [-0.2, -0.15) is 0 Å². The van der Waals surface area contributed by atoms with Crippen LogP contribution in [0.4, 0.5) is 5.69 Å². The van der Waals surface area contributed by atoms with E-state index in [-0.39, 0.29) is 6.42 Å². The van der Waals surface area contributed by atoms with E-state index >= 15 is 0 Å². The number of primary amides is 1. The Hall–Kier alpha value is -1.79. The summed E-state index contributed by atoms with van der Waals surface area (Å²) >= 11 is 11.8. The van der Waals surface area contributed by atoms with Gasteiger partial charge >= 0.3 is 5.97 Å². The van der Waals surface area contributed by atoms with Gasteiger partial charge in [-0.1, -0.05) is 0 Å². The molecule has 1 saturated carbocycles. The number of amides is 2. The summed E-state index contributed by atoms with van der Waals surface area (Å²) in [5.74, 6) is -1.69. The van der Waals surface area contributed by atoms with Crippen LogP contribution < -0.4 is 11.1 Å². The highest BCUT2D eigenvalue weighted by Gasteiger charge is 2.69. The summed E-state index contributed by atoms with van der Waals surface area (Å²) in [5, 5.41) is 2.57. The third kappa shape index (κ3) is 3.59. The Morgan fingerprint density at radius 2 is 1.78 bits per heavy atom. The van der Waals surface area contributed by atoms with Crippen molar-refractivity contribution < 1.29 is 19.1 Å². The van der Waals surface area contributed by atoms with E-state index in [1.807, 2.05) is 0 Å². The summed E-state index contributed by atoms with van der Waals surface area (Å²) in [6, 6.07) is 6.01. The van der Waals surface area contributed by atoms with E-state index in [1.165, 1.54) is 31.2 Å². The first-order chi connectivity index (χ1) is 10.6. The van der Waals surface area contributed by atoms with Crippen LogP contribution in [0, 0.1) is 5.41 Å². The van der Waals surface area contributed by atoms with Gasteiger partial charge in [-0.05, 0) is 38.1 Å². The molecule has 1 fully saturated rings. The summed E-state index contributed by atoms with van der Waals surface area (Å²) in [6.07, 6.45) is -0.731. The average molecular weight is 359 g/mol. The molecular weight excluding hydrogens is 343 g/mol. The SMILES string of the molecule is C[C@H](OC(=O)[C@@]1(C)CC1(Cl)Cl)C(=O)Nc1ccc(C(N)=O)cc1. The van der Waals surface area contributed by atoms with Gasteiger partial charge in [0.05, 0.1) is 0 Å². The molecule has 0 saturated heterocycles. The van der Waals surface area contributed by atoms with E-state index in [9.17, 15) is 14.4 Å². The normalized spacial score (nSPS) is 22.8. The van der Waals surface area contributed by atoms with Crippen molar-refractivity contribution >= 4 is 46.7 Å². The Morgan fingerprint density at radius 3 is 2.22 bits per heavy atom. The number of carbonyl (C=O) groups is 3. The van der Waals surface area contributed by atoms with E-state index in [4.69, 9.17) is 33.7 Å². The lowest BCUT2D eigenvalue weighted by Crippen LogP contribution is -2.33. The first-order valence-electron chi connectivity index (χ1n) is 6.86. The van der Waals surface area contributed by atoms with Crippen LogP contribution >= 0.6 is 23.2 Å². The molecule has 2 atom stereocenters. The molecule has 0 aromatic heterocycles. The first-order valence-corrected chi connectivity index (χ1v) is 7.62. The van der Waals surface area contributed by atoms with E-state index in [2.05, 4.69) is 5.32 Å². The van der Waals surface area contributed by atoms with Crippen molar-refractivity contribution in [3.63, 3.8) is 0 Å². The Labute approximate surface area is 143 Å². The van der Waals surface area contributed by atoms with Gasteiger partial charge in [0.25, 0.3) is 5.91 Å². The number of hydrogen-bond donors (Lipinski definition) is 2.